The molecule has 0 aromatic heterocycles. The second-order valence-corrected chi connectivity index (χ2v) is 6.43. The van der Waals surface area contributed by atoms with E-state index in [1.807, 2.05) is 25.7 Å². The molecule has 2 fully saturated rings. The largest absolute Gasteiger partial charge is 0.444 e. The van der Waals surface area contributed by atoms with Crippen molar-refractivity contribution in [3.63, 3.8) is 0 Å². The smallest absolute Gasteiger partial charge is 0.410 e. The minimum Gasteiger partial charge on any atom is -0.444 e. The summed E-state index contributed by atoms with van der Waals surface area (Å²) in [6.45, 7) is 9.61. The number of ether oxygens (including phenoxy) is 1. The Morgan fingerprint density at radius 2 is 2.06 bits per heavy atom. The van der Waals surface area contributed by atoms with Gasteiger partial charge in [-0.25, -0.2) is 4.79 Å². The summed E-state index contributed by atoms with van der Waals surface area (Å²) in [4.78, 5) is 13.8. The van der Waals surface area contributed by atoms with Crippen LogP contribution in [-0.4, -0.2) is 42.8 Å². The molecular weight excluding hydrogens is 252 g/mol. The standard InChI is InChI=1S/C13H24N2O2.ClH/c1-12(2,3)17-11(16)15-8-6-13(10-15)5-4-7-14-9-13;/h14H,4-10H2,1-3H3;1H. The Morgan fingerprint density at radius 1 is 1.33 bits per heavy atom. The van der Waals surface area contributed by atoms with Crippen LogP contribution in [0.1, 0.15) is 40.0 Å². The van der Waals surface area contributed by atoms with Gasteiger partial charge in [0.05, 0.1) is 0 Å². The number of halogens is 1. The average molecular weight is 277 g/mol. The number of nitrogens with zero attached hydrogens (tertiary/aromatic N) is 1. The van der Waals surface area contributed by atoms with Gasteiger partial charge in [-0.15, -0.1) is 12.4 Å². The van der Waals surface area contributed by atoms with Gasteiger partial charge in [-0.2, -0.15) is 0 Å². The summed E-state index contributed by atoms with van der Waals surface area (Å²) in [5.41, 5.74) is -0.0766. The fraction of sp³-hybridized carbons (Fsp3) is 0.923. The van der Waals surface area contributed by atoms with E-state index >= 15 is 0 Å². The quantitative estimate of drug-likeness (QED) is 0.739. The second-order valence-electron chi connectivity index (χ2n) is 6.43. The summed E-state index contributed by atoms with van der Waals surface area (Å²) in [6.07, 6.45) is 3.42. The predicted octanol–water partition coefficient (Wildman–Crippen LogP) is 2.42. The average Bonchev–Trinajstić information content (AvgIpc) is 2.61. The molecule has 1 unspecified atom stereocenters. The van der Waals surface area contributed by atoms with Crippen LogP contribution in [0.25, 0.3) is 0 Å². The number of likely N-dealkylation sites (tertiary alicyclic amines) is 1. The molecular formula is C13H25ClN2O2. The number of rotatable bonds is 0. The highest BCUT2D eigenvalue weighted by atomic mass is 35.5. The minimum atomic E-state index is -0.391. The Labute approximate surface area is 116 Å². The maximum atomic E-state index is 12.0. The number of carbonyl (C=O) groups excluding carboxylic acids is 1. The Balaban J connectivity index is 0.00000162. The molecule has 106 valence electrons. The topological polar surface area (TPSA) is 41.6 Å². The molecule has 0 radical (unpaired) electrons. The number of carbonyl (C=O) groups is 1. The van der Waals surface area contributed by atoms with E-state index in [-0.39, 0.29) is 18.5 Å². The van der Waals surface area contributed by atoms with Gasteiger partial charge in [0.25, 0.3) is 0 Å². The number of amides is 1. The number of hydrogen-bond donors (Lipinski definition) is 1. The zero-order valence-corrected chi connectivity index (χ0v) is 12.4. The van der Waals surface area contributed by atoms with Crippen LogP contribution >= 0.6 is 12.4 Å². The van der Waals surface area contributed by atoms with E-state index < -0.39 is 5.60 Å². The molecule has 2 aliphatic heterocycles. The zero-order chi connectivity index (χ0) is 12.5. The summed E-state index contributed by atoms with van der Waals surface area (Å²) in [5.74, 6) is 0. The van der Waals surface area contributed by atoms with E-state index in [0.29, 0.717) is 5.41 Å². The van der Waals surface area contributed by atoms with E-state index in [1.165, 1.54) is 12.8 Å². The molecule has 0 aliphatic carbocycles. The monoisotopic (exact) mass is 276 g/mol. The van der Waals surface area contributed by atoms with Crippen LogP contribution in [0.2, 0.25) is 0 Å². The van der Waals surface area contributed by atoms with E-state index in [1.54, 1.807) is 0 Å². The maximum Gasteiger partial charge on any atom is 0.410 e. The number of nitrogens with one attached hydrogen (secondary N) is 1. The molecule has 1 atom stereocenters. The van der Waals surface area contributed by atoms with Gasteiger partial charge in [0.2, 0.25) is 0 Å². The van der Waals surface area contributed by atoms with Crippen LogP contribution in [0, 0.1) is 5.41 Å². The van der Waals surface area contributed by atoms with Crippen LogP contribution in [-0.2, 0) is 4.74 Å². The minimum absolute atomic E-state index is 0. The van der Waals surface area contributed by atoms with E-state index in [2.05, 4.69) is 5.32 Å². The second kappa shape index (κ2) is 5.66. The lowest BCUT2D eigenvalue weighted by Gasteiger charge is -2.34. The summed E-state index contributed by atoms with van der Waals surface area (Å²) in [7, 11) is 0. The van der Waals surface area contributed by atoms with Crippen molar-refractivity contribution in [2.45, 2.75) is 45.6 Å². The van der Waals surface area contributed by atoms with E-state index in [4.69, 9.17) is 4.74 Å². The first kappa shape index (κ1) is 15.6. The van der Waals surface area contributed by atoms with Crippen molar-refractivity contribution < 1.29 is 9.53 Å². The molecule has 2 rings (SSSR count). The van der Waals surface area contributed by atoms with Gasteiger partial charge in [-0.3, -0.25) is 0 Å². The molecule has 1 N–H and O–H groups in total. The predicted molar refractivity (Wildman–Crippen MR) is 74.2 cm³/mol. The molecule has 18 heavy (non-hydrogen) atoms. The van der Waals surface area contributed by atoms with Gasteiger partial charge in [-0.05, 0) is 46.6 Å². The van der Waals surface area contributed by atoms with Gasteiger partial charge >= 0.3 is 6.09 Å². The molecule has 2 aliphatic rings. The number of piperidine rings is 1. The van der Waals surface area contributed by atoms with Gasteiger partial charge < -0.3 is 15.0 Å². The highest BCUT2D eigenvalue weighted by molar-refractivity contribution is 5.85. The van der Waals surface area contributed by atoms with Crippen molar-refractivity contribution in [2.75, 3.05) is 26.2 Å². The Hall–Kier alpha value is -0.480. The van der Waals surface area contributed by atoms with Crippen molar-refractivity contribution in [3.05, 3.63) is 0 Å². The first-order valence-electron chi connectivity index (χ1n) is 6.59. The lowest BCUT2D eigenvalue weighted by atomic mass is 9.80. The Bertz CT molecular complexity index is 296. The first-order chi connectivity index (χ1) is 7.90. The van der Waals surface area contributed by atoms with Crippen molar-refractivity contribution in [3.8, 4) is 0 Å². The van der Waals surface area contributed by atoms with Crippen LogP contribution < -0.4 is 5.32 Å². The normalized spacial score (nSPS) is 28.1. The van der Waals surface area contributed by atoms with E-state index in [0.717, 1.165) is 32.6 Å². The Morgan fingerprint density at radius 3 is 2.61 bits per heavy atom. The van der Waals surface area contributed by atoms with Gasteiger partial charge in [-0.1, -0.05) is 0 Å². The van der Waals surface area contributed by atoms with Crippen LogP contribution in [0.4, 0.5) is 4.79 Å². The van der Waals surface area contributed by atoms with Gasteiger partial charge in [0.15, 0.2) is 0 Å². The molecule has 1 spiro atoms. The van der Waals surface area contributed by atoms with Gasteiger partial charge in [0, 0.05) is 25.0 Å². The summed E-state index contributed by atoms with van der Waals surface area (Å²) >= 11 is 0. The lowest BCUT2D eigenvalue weighted by molar-refractivity contribution is 0.0266. The Kier molecular flexibility index (Phi) is 4.90. The molecule has 5 heteroatoms. The molecule has 2 heterocycles. The van der Waals surface area contributed by atoms with Crippen LogP contribution in [0.5, 0.6) is 0 Å². The van der Waals surface area contributed by atoms with Crippen LogP contribution in [0.15, 0.2) is 0 Å². The summed E-state index contributed by atoms with van der Waals surface area (Å²) in [5, 5.41) is 3.45. The first-order valence-corrected chi connectivity index (χ1v) is 6.59. The molecule has 2 saturated heterocycles. The molecule has 0 aromatic rings. The van der Waals surface area contributed by atoms with E-state index in [9.17, 15) is 4.79 Å². The fourth-order valence-electron chi connectivity index (χ4n) is 2.80. The van der Waals surface area contributed by atoms with Crippen molar-refractivity contribution in [1.82, 2.24) is 10.2 Å². The highest BCUT2D eigenvalue weighted by Crippen LogP contribution is 2.36. The van der Waals surface area contributed by atoms with Crippen LogP contribution in [0.3, 0.4) is 0 Å². The molecule has 4 nitrogen and oxygen atoms in total. The molecule has 0 bridgehead atoms. The highest BCUT2D eigenvalue weighted by Gasteiger charge is 2.41. The maximum absolute atomic E-state index is 12.0. The third-order valence-electron chi connectivity index (χ3n) is 3.65. The zero-order valence-electron chi connectivity index (χ0n) is 11.6. The lowest BCUT2D eigenvalue weighted by Crippen LogP contribution is -2.43. The third kappa shape index (κ3) is 3.75. The summed E-state index contributed by atoms with van der Waals surface area (Å²) in [6, 6.07) is 0. The molecule has 0 aromatic carbocycles. The molecule has 1 amide bonds. The fourth-order valence-corrected chi connectivity index (χ4v) is 2.80. The van der Waals surface area contributed by atoms with Crippen molar-refractivity contribution >= 4 is 18.5 Å². The third-order valence-corrected chi connectivity index (χ3v) is 3.65. The van der Waals surface area contributed by atoms with Crippen molar-refractivity contribution in [2.24, 2.45) is 5.41 Å². The number of hydrogen-bond acceptors (Lipinski definition) is 3. The van der Waals surface area contributed by atoms with Crippen molar-refractivity contribution in [1.29, 1.82) is 0 Å². The summed E-state index contributed by atoms with van der Waals surface area (Å²) < 4.78 is 5.42. The molecule has 0 saturated carbocycles. The SMILES string of the molecule is CC(C)(C)OC(=O)N1CCC2(CCCNC2)C1.Cl. The van der Waals surface area contributed by atoms with Gasteiger partial charge in [0.1, 0.15) is 5.60 Å².